The predicted octanol–water partition coefficient (Wildman–Crippen LogP) is 2.64. The number of aromatic amines is 1. The molecule has 5 rings (SSSR count). The van der Waals surface area contributed by atoms with Crippen molar-refractivity contribution in [2.75, 3.05) is 43.9 Å². The van der Waals surface area contributed by atoms with Crippen LogP contribution in [0.2, 0.25) is 0 Å². The zero-order valence-electron chi connectivity index (χ0n) is 18.2. The van der Waals surface area contributed by atoms with Crippen LogP contribution in [-0.4, -0.2) is 63.5 Å². The van der Waals surface area contributed by atoms with Gasteiger partial charge in [-0.25, -0.2) is 9.97 Å². The van der Waals surface area contributed by atoms with Crippen LogP contribution in [0.25, 0.3) is 22.3 Å². The zero-order valence-corrected chi connectivity index (χ0v) is 18.2. The smallest absolute Gasteiger partial charge is 0.207 e. The summed E-state index contributed by atoms with van der Waals surface area (Å²) in [5.74, 6) is 1.95. The summed E-state index contributed by atoms with van der Waals surface area (Å²) in [6.45, 7) is 6.65. The molecule has 4 heterocycles. The van der Waals surface area contributed by atoms with Gasteiger partial charge in [-0.3, -0.25) is 0 Å². The molecule has 0 bridgehead atoms. The minimum Gasteiger partial charge on any atom is -0.486 e. The van der Waals surface area contributed by atoms with Gasteiger partial charge < -0.3 is 20.3 Å². The molecule has 0 saturated carbocycles. The van der Waals surface area contributed by atoms with Gasteiger partial charge in [0, 0.05) is 44.0 Å². The van der Waals surface area contributed by atoms with Crippen LogP contribution >= 0.6 is 0 Å². The van der Waals surface area contributed by atoms with E-state index in [9.17, 15) is 0 Å². The van der Waals surface area contributed by atoms with E-state index in [0.29, 0.717) is 29.3 Å². The Morgan fingerprint density at radius 3 is 2.59 bits per heavy atom. The number of H-pyrrole nitrogens is 1. The number of hydrogen-bond donors (Lipinski definition) is 2. The molecule has 1 aromatic carbocycles. The number of aryl methyl sites for hydroxylation is 1. The second kappa shape index (κ2) is 8.43. The molecular weight excluding hydrogens is 404 g/mol. The molecule has 3 aromatic heterocycles. The lowest BCUT2D eigenvalue weighted by atomic mass is 10.0. The van der Waals surface area contributed by atoms with E-state index in [1.165, 1.54) is 0 Å². The Balaban J connectivity index is 1.29. The van der Waals surface area contributed by atoms with Crippen molar-refractivity contribution in [3.05, 3.63) is 53.7 Å². The van der Waals surface area contributed by atoms with Crippen molar-refractivity contribution in [2.45, 2.75) is 13.5 Å². The van der Waals surface area contributed by atoms with Gasteiger partial charge in [-0.05, 0) is 42.8 Å². The lowest BCUT2D eigenvalue weighted by molar-refractivity contribution is 0.308. The summed E-state index contributed by atoms with van der Waals surface area (Å²) in [7, 11) is 2.16. The van der Waals surface area contributed by atoms with Crippen LogP contribution in [0.3, 0.4) is 0 Å². The number of pyridine rings is 2. The van der Waals surface area contributed by atoms with E-state index in [0.717, 1.165) is 54.3 Å². The predicted molar refractivity (Wildman–Crippen MR) is 125 cm³/mol. The molecule has 0 aliphatic carbocycles. The molecule has 0 atom stereocenters. The Hall–Kier alpha value is -3.72. The topological polar surface area (TPSA) is 109 Å². The van der Waals surface area contributed by atoms with Crippen molar-refractivity contribution in [3.63, 3.8) is 0 Å². The maximum absolute atomic E-state index is 6.00. The number of anilines is 2. The quantitative estimate of drug-likeness (QED) is 0.497. The molecule has 9 nitrogen and oxygen atoms in total. The fraction of sp³-hybridized carbons (Fsp3) is 0.304. The zero-order chi connectivity index (χ0) is 22.1. The van der Waals surface area contributed by atoms with Gasteiger partial charge >= 0.3 is 0 Å². The van der Waals surface area contributed by atoms with Crippen LogP contribution in [-0.2, 0) is 6.61 Å². The van der Waals surface area contributed by atoms with Crippen molar-refractivity contribution < 1.29 is 4.74 Å². The lowest BCUT2D eigenvalue weighted by Gasteiger charge is -2.33. The number of benzene rings is 1. The summed E-state index contributed by atoms with van der Waals surface area (Å²) < 4.78 is 6.00. The monoisotopic (exact) mass is 430 g/mol. The second-order valence-corrected chi connectivity index (χ2v) is 8.17. The molecule has 1 aliphatic heterocycles. The highest BCUT2D eigenvalue weighted by atomic mass is 16.5. The van der Waals surface area contributed by atoms with Crippen molar-refractivity contribution in [2.24, 2.45) is 0 Å². The van der Waals surface area contributed by atoms with Crippen LogP contribution < -0.4 is 15.4 Å². The van der Waals surface area contributed by atoms with Crippen LogP contribution in [0.4, 0.5) is 11.6 Å². The molecule has 0 spiro atoms. The van der Waals surface area contributed by atoms with Crippen LogP contribution in [0.15, 0.2) is 42.6 Å². The number of fused-ring (bicyclic) bond motifs is 1. The maximum Gasteiger partial charge on any atom is 0.207 e. The Morgan fingerprint density at radius 1 is 1.03 bits per heavy atom. The third-order valence-corrected chi connectivity index (χ3v) is 5.91. The van der Waals surface area contributed by atoms with E-state index in [1.54, 1.807) is 6.07 Å². The molecule has 164 valence electrons. The molecule has 9 heteroatoms. The van der Waals surface area contributed by atoms with Gasteiger partial charge in [0.15, 0.2) is 11.3 Å². The standard InChI is InChI=1S/C23H26N8O/c1-15-11-16(17-5-6-21(25-13-17)31-9-7-30(2)8-10-31)3-4-18(15)14-32-19-12-20(24)26-23-22(19)27-29-28-23/h3-6,11-13H,7-10,14H2,1-2H3,(H3,24,26,27,28,29). The summed E-state index contributed by atoms with van der Waals surface area (Å²) in [5.41, 5.74) is 11.3. The fourth-order valence-electron chi connectivity index (χ4n) is 3.91. The van der Waals surface area contributed by atoms with Gasteiger partial charge in [-0.1, -0.05) is 18.2 Å². The van der Waals surface area contributed by atoms with Crippen molar-refractivity contribution in [3.8, 4) is 16.9 Å². The maximum atomic E-state index is 6.00. The van der Waals surface area contributed by atoms with Gasteiger partial charge in [0.2, 0.25) is 5.65 Å². The van der Waals surface area contributed by atoms with Gasteiger partial charge in [0.1, 0.15) is 18.2 Å². The van der Waals surface area contributed by atoms with E-state index >= 15 is 0 Å². The number of nitrogens with one attached hydrogen (secondary N) is 1. The molecule has 0 amide bonds. The van der Waals surface area contributed by atoms with Gasteiger partial charge in [0.05, 0.1) is 0 Å². The minimum absolute atomic E-state index is 0.348. The van der Waals surface area contributed by atoms with Gasteiger partial charge in [-0.15, -0.1) is 5.10 Å². The molecule has 1 aliphatic rings. The molecule has 32 heavy (non-hydrogen) atoms. The second-order valence-electron chi connectivity index (χ2n) is 8.17. The molecule has 1 fully saturated rings. The van der Waals surface area contributed by atoms with Crippen LogP contribution in [0, 0.1) is 6.92 Å². The van der Waals surface area contributed by atoms with E-state index in [-0.39, 0.29) is 0 Å². The normalized spacial score (nSPS) is 14.8. The average molecular weight is 431 g/mol. The molecule has 4 aromatic rings. The number of piperazine rings is 1. The SMILES string of the molecule is Cc1cc(-c2ccc(N3CCN(C)CC3)nc2)ccc1COc1cc(N)nc2n[nH]nc12. The van der Waals surface area contributed by atoms with E-state index in [2.05, 4.69) is 74.5 Å². The number of rotatable bonds is 5. The highest BCUT2D eigenvalue weighted by molar-refractivity contribution is 5.78. The number of ether oxygens (including phenoxy) is 1. The van der Waals surface area contributed by atoms with Crippen molar-refractivity contribution in [1.82, 2.24) is 30.3 Å². The number of aromatic nitrogens is 5. The first-order valence-corrected chi connectivity index (χ1v) is 10.7. The molecule has 1 saturated heterocycles. The van der Waals surface area contributed by atoms with E-state index in [1.807, 2.05) is 6.20 Å². The number of likely N-dealkylation sites (N-methyl/N-ethyl adjacent to an activating group) is 1. The average Bonchev–Trinajstić information content (AvgIpc) is 3.27. The lowest BCUT2D eigenvalue weighted by Crippen LogP contribution is -2.44. The van der Waals surface area contributed by atoms with Crippen molar-refractivity contribution >= 4 is 22.8 Å². The largest absolute Gasteiger partial charge is 0.486 e. The number of nitrogens with two attached hydrogens (primary N) is 1. The first-order chi connectivity index (χ1) is 15.6. The van der Waals surface area contributed by atoms with E-state index < -0.39 is 0 Å². The Kier molecular flexibility index (Phi) is 5.32. The molecule has 3 N–H and O–H groups in total. The highest BCUT2D eigenvalue weighted by Crippen LogP contribution is 2.27. The summed E-state index contributed by atoms with van der Waals surface area (Å²) in [6.07, 6.45) is 1.96. The first-order valence-electron chi connectivity index (χ1n) is 10.7. The molecule has 0 radical (unpaired) electrons. The van der Waals surface area contributed by atoms with Gasteiger partial charge in [0.25, 0.3) is 0 Å². The first kappa shape index (κ1) is 20.2. The Labute approximate surface area is 186 Å². The number of nitrogens with zero attached hydrogens (tertiary/aromatic N) is 6. The summed E-state index contributed by atoms with van der Waals surface area (Å²) in [4.78, 5) is 13.5. The van der Waals surface area contributed by atoms with Crippen LogP contribution in [0.5, 0.6) is 5.75 Å². The molecule has 0 unspecified atom stereocenters. The van der Waals surface area contributed by atoms with Crippen LogP contribution in [0.1, 0.15) is 11.1 Å². The summed E-state index contributed by atoms with van der Waals surface area (Å²) >= 11 is 0. The summed E-state index contributed by atoms with van der Waals surface area (Å²) in [6, 6.07) is 12.3. The third-order valence-electron chi connectivity index (χ3n) is 5.91. The summed E-state index contributed by atoms with van der Waals surface area (Å²) in [5, 5.41) is 10.6. The fourth-order valence-corrected chi connectivity index (χ4v) is 3.91. The highest BCUT2D eigenvalue weighted by Gasteiger charge is 2.15. The molecular formula is C23H26N8O. The van der Waals surface area contributed by atoms with Gasteiger partial charge in [-0.2, -0.15) is 10.3 Å². The minimum atomic E-state index is 0.348. The number of nitrogen functional groups attached to an aromatic ring is 1. The Morgan fingerprint density at radius 2 is 1.84 bits per heavy atom. The van der Waals surface area contributed by atoms with E-state index in [4.69, 9.17) is 15.5 Å². The van der Waals surface area contributed by atoms with Crippen molar-refractivity contribution in [1.29, 1.82) is 0 Å². The number of hydrogen-bond acceptors (Lipinski definition) is 8. The third kappa shape index (κ3) is 4.06. The Bertz CT molecular complexity index is 1230.